The molecule has 2 aromatic carbocycles. The van der Waals surface area contributed by atoms with Crippen LogP contribution in [0, 0.1) is 0 Å². The van der Waals surface area contributed by atoms with Crippen LogP contribution in [-0.2, 0) is 6.42 Å². The molecule has 0 bridgehead atoms. The van der Waals surface area contributed by atoms with Crippen molar-refractivity contribution in [2.45, 2.75) is 13.0 Å². The fourth-order valence-corrected chi connectivity index (χ4v) is 3.18. The summed E-state index contributed by atoms with van der Waals surface area (Å²) in [4.78, 5) is 16.4. The first-order valence-corrected chi connectivity index (χ1v) is 9.55. The summed E-state index contributed by atoms with van der Waals surface area (Å²) in [6.45, 7) is -2.38. The van der Waals surface area contributed by atoms with E-state index in [2.05, 4.69) is 20.4 Å². The molecule has 0 fully saturated rings. The Morgan fingerprint density at radius 1 is 1.14 bits per heavy atom. The Hall–Kier alpha value is -2.71. The van der Waals surface area contributed by atoms with Crippen LogP contribution >= 0.6 is 22.9 Å². The zero-order valence-corrected chi connectivity index (χ0v) is 16.1. The number of benzene rings is 2. The normalized spacial score (nSPS) is 10.7. The van der Waals surface area contributed by atoms with Crippen molar-refractivity contribution in [3.05, 3.63) is 70.2 Å². The number of hydrogen-bond donors (Lipinski definition) is 2. The van der Waals surface area contributed by atoms with Gasteiger partial charge in [0.15, 0.2) is 5.13 Å². The fraction of sp³-hybridized carbons (Fsp3) is 0.158. The lowest BCUT2D eigenvalue weighted by Gasteiger charge is -2.06. The van der Waals surface area contributed by atoms with E-state index in [4.69, 9.17) is 11.6 Å². The number of aromatic nitrogens is 1. The quantitative estimate of drug-likeness (QED) is 0.528. The van der Waals surface area contributed by atoms with Crippen molar-refractivity contribution in [3.8, 4) is 5.75 Å². The SMILES string of the molecule is O=C(NCCc1ccc(Cl)cc1)c1csc(Nc2ccc(OC(F)F)cc2)n1. The first-order chi connectivity index (χ1) is 13.5. The highest BCUT2D eigenvalue weighted by Gasteiger charge is 2.11. The lowest BCUT2D eigenvalue weighted by atomic mass is 10.1. The topological polar surface area (TPSA) is 63.2 Å². The lowest BCUT2D eigenvalue weighted by molar-refractivity contribution is -0.0498. The van der Waals surface area contributed by atoms with E-state index >= 15 is 0 Å². The fourth-order valence-electron chi connectivity index (χ4n) is 2.34. The Balaban J connectivity index is 1.50. The third-order valence-electron chi connectivity index (χ3n) is 3.68. The van der Waals surface area contributed by atoms with Crippen LogP contribution in [0.2, 0.25) is 5.02 Å². The summed E-state index contributed by atoms with van der Waals surface area (Å²) in [5.41, 5.74) is 2.02. The first-order valence-electron chi connectivity index (χ1n) is 8.29. The molecule has 9 heteroatoms. The van der Waals surface area contributed by atoms with Gasteiger partial charge in [-0.1, -0.05) is 23.7 Å². The molecule has 0 saturated heterocycles. The standard InChI is InChI=1S/C19H16ClF2N3O2S/c20-13-3-1-12(2-4-13)9-10-23-17(26)16-11-28-19(25-16)24-14-5-7-15(8-6-14)27-18(21)22/h1-8,11,18H,9-10H2,(H,23,26)(H,24,25). The van der Waals surface area contributed by atoms with Crippen LogP contribution in [0.4, 0.5) is 19.6 Å². The lowest BCUT2D eigenvalue weighted by Crippen LogP contribution is -2.25. The van der Waals surface area contributed by atoms with E-state index in [9.17, 15) is 13.6 Å². The molecule has 0 radical (unpaired) electrons. The number of anilines is 2. The molecular formula is C19H16ClF2N3O2S. The van der Waals surface area contributed by atoms with Crippen molar-refractivity contribution in [2.24, 2.45) is 0 Å². The minimum absolute atomic E-state index is 0.0699. The van der Waals surface area contributed by atoms with E-state index in [0.29, 0.717) is 34.5 Å². The van der Waals surface area contributed by atoms with Crippen LogP contribution in [0.25, 0.3) is 0 Å². The Morgan fingerprint density at radius 3 is 2.54 bits per heavy atom. The van der Waals surface area contributed by atoms with Gasteiger partial charge in [-0.05, 0) is 48.4 Å². The van der Waals surface area contributed by atoms with Crippen molar-refractivity contribution in [3.63, 3.8) is 0 Å². The molecule has 3 rings (SSSR count). The van der Waals surface area contributed by atoms with E-state index < -0.39 is 6.61 Å². The van der Waals surface area contributed by atoms with Crippen LogP contribution in [0.1, 0.15) is 16.1 Å². The summed E-state index contributed by atoms with van der Waals surface area (Å²) >= 11 is 7.12. The Morgan fingerprint density at radius 2 is 1.86 bits per heavy atom. The zero-order valence-electron chi connectivity index (χ0n) is 14.5. The number of alkyl halides is 2. The van der Waals surface area contributed by atoms with Gasteiger partial charge in [0.2, 0.25) is 0 Å². The number of ether oxygens (including phenoxy) is 1. The number of hydrogen-bond acceptors (Lipinski definition) is 5. The zero-order chi connectivity index (χ0) is 19.9. The number of thiazole rings is 1. The molecule has 1 amide bonds. The van der Waals surface area contributed by atoms with Gasteiger partial charge in [-0.2, -0.15) is 8.78 Å². The predicted molar refractivity (Wildman–Crippen MR) is 106 cm³/mol. The van der Waals surface area contributed by atoms with Gasteiger partial charge in [0.05, 0.1) is 0 Å². The average molecular weight is 424 g/mol. The molecule has 0 aliphatic heterocycles. The Kier molecular flexibility index (Phi) is 6.78. The summed E-state index contributed by atoms with van der Waals surface area (Å²) in [5, 5.41) is 8.68. The molecule has 3 aromatic rings. The summed E-state index contributed by atoms with van der Waals surface area (Å²) in [6, 6.07) is 13.5. The first kappa shape index (κ1) is 20.0. The molecule has 0 aliphatic rings. The van der Waals surface area contributed by atoms with Crippen LogP contribution in [0.3, 0.4) is 0 Å². The third-order valence-corrected chi connectivity index (χ3v) is 4.69. The van der Waals surface area contributed by atoms with Gasteiger partial charge < -0.3 is 15.4 Å². The third kappa shape index (κ3) is 5.90. The van der Waals surface area contributed by atoms with E-state index in [1.165, 1.54) is 23.5 Å². The smallest absolute Gasteiger partial charge is 0.387 e. The molecule has 1 aromatic heterocycles. The number of halogens is 3. The second-order valence-corrected chi connectivity index (χ2v) is 6.99. The van der Waals surface area contributed by atoms with Gasteiger partial charge in [0.1, 0.15) is 11.4 Å². The van der Waals surface area contributed by atoms with Crippen molar-refractivity contribution < 1.29 is 18.3 Å². The van der Waals surface area contributed by atoms with Crippen LogP contribution in [0.5, 0.6) is 5.75 Å². The summed E-state index contributed by atoms with van der Waals surface area (Å²) in [7, 11) is 0. The van der Waals surface area contributed by atoms with Crippen LogP contribution < -0.4 is 15.4 Å². The van der Waals surface area contributed by atoms with Gasteiger partial charge in [-0.25, -0.2) is 4.98 Å². The molecular weight excluding hydrogens is 408 g/mol. The van der Waals surface area contributed by atoms with E-state index in [-0.39, 0.29) is 11.7 Å². The highest BCUT2D eigenvalue weighted by molar-refractivity contribution is 7.14. The highest BCUT2D eigenvalue weighted by atomic mass is 35.5. The van der Waals surface area contributed by atoms with Crippen LogP contribution in [-0.4, -0.2) is 24.0 Å². The molecule has 146 valence electrons. The maximum absolute atomic E-state index is 12.2. The molecule has 0 aliphatic carbocycles. The van der Waals surface area contributed by atoms with Crippen molar-refractivity contribution >= 4 is 39.7 Å². The summed E-state index contributed by atoms with van der Waals surface area (Å²) in [6.07, 6.45) is 0.686. The van der Waals surface area contributed by atoms with Gasteiger partial charge in [0.25, 0.3) is 5.91 Å². The monoisotopic (exact) mass is 423 g/mol. The number of amides is 1. The number of nitrogens with one attached hydrogen (secondary N) is 2. The maximum Gasteiger partial charge on any atom is 0.387 e. The molecule has 0 atom stereocenters. The van der Waals surface area contributed by atoms with Gasteiger partial charge in [-0.3, -0.25) is 4.79 Å². The number of nitrogens with zero attached hydrogens (tertiary/aromatic N) is 1. The molecule has 1 heterocycles. The predicted octanol–water partition coefficient (Wildman–Crippen LogP) is 5.11. The van der Waals surface area contributed by atoms with E-state index in [0.717, 1.165) is 5.56 Å². The van der Waals surface area contributed by atoms with Crippen LogP contribution in [0.15, 0.2) is 53.9 Å². The number of carbonyl (C=O) groups excluding carboxylic acids is 1. The Bertz CT molecular complexity index is 918. The Labute approximate surface area is 169 Å². The van der Waals surface area contributed by atoms with Gasteiger partial charge in [0, 0.05) is 22.6 Å². The number of rotatable bonds is 8. The minimum Gasteiger partial charge on any atom is -0.435 e. The molecule has 0 spiro atoms. The van der Waals surface area contributed by atoms with Gasteiger partial charge >= 0.3 is 6.61 Å². The molecule has 28 heavy (non-hydrogen) atoms. The largest absolute Gasteiger partial charge is 0.435 e. The highest BCUT2D eigenvalue weighted by Crippen LogP contribution is 2.23. The minimum atomic E-state index is -2.86. The second-order valence-electron chi connectivity index (χ2n) is 5.70. The van der Waals surface area contributed by atoms with E-state index in [1.807, 2.05) is 24.3 Å². The summed E-state index contributed by atoms with van der Waals surface area (Å²) < 4.78 is 28.6. The summed E-state index contributed by atoms with van der Waals surface area (Å²) in [5.74, 6) is -0.195. The molecule has 0 unspecified atom stereocenters. The van der Waals surface area contributed by atoms with Crippen molar-refractivity contribution in [1.29, 1.82) is 0 Å². The number of carbonyl (C=O) groups is 1. The average Bonchev–Trinajstić information content (AvgIpc) is 3.13. The maximum atomic E-state index is 12.2. The van der Waals surface area contributed by atoms with Crippen molar-refractivity contribution in [2.75, 3.05) is 11.9 Å². The van der Waals surface area contributed by atoms with Gasteiger partial charge in [-0.15, -0.1) is 11.3 Å². The molecule has 2 N–H and O–H groups in total. The van der Waals surface area contributed by atoms with E-state index in [1.54, 1.807) is 17.5 Å². The second kappa shape index (κ2) is 9.48. The van der Waals surface area contributed by atoms with Crippen molar-refractivity contribution in [1.82, 2.24) is 10.3 Å². The molecule has 0 saturated carbocycles. The molecule has 5 nitrogen and oxygen atoms in total.